The molecule has 0 atom stereocenters. The van der Waals surface area contributed by atoms with Crippen molar-refractivity contribution in [3.05, 3.63) is 95.1 Å². The summed E-state index contributed by atoms with van der Waals surface area (Å²) < 4.78 is 0. The van der Waals surface area contributed by atoms with Crippen LogP contribution in [0.5, 0.6) is 0 Å². The first-order valence-electron chi connectivity index (χ1n) is 20.0. The predicted molar refractivity (Wildman–Crippen MR) is 234 cm³/mol. The third-order valence-corrected chi connectivity index (χ3v) is 13.8. The predicted octanol–water partition coefficient (Wildman–Crippen LogP) is 11.0. The van der Waals surface area contributed by atoms with Crippen LogP contribution in [0, 0.1) is 0 Å². The van der Waals surface area contributed by atoms with Crippen molar-refractivity contribution in [2.45, 2.75) is 133 Å². The summed E-state index contributed by atoms with van der Waals surface area (Å²) in [5.41, 5.74) is 1.77. The Bertz CT molecular complexity index is 2000. The van der Waals surface area contributed by atoms with Crippen molar-refractivity contribution >= 4 is 70.8 Å². The second-order valence-electron chi connectivity index (χ2n) is 14.2. The molecule has 0 unspecified atom stereocenters. The van der Waals surface area contributed by atoms with Gasteiger partial charge >= 0.3 is 11.9 Å². The number of nitrogens with one attached hydrogen (secondary N) is 2. The Morgan fingerprint density at radius 3 is 1.50 bits per heavy atom. The third kappa shape index (κ3) is 14.1. The Morgan fingerprint density at radius 1 is 0.586 bits per heavy atom. The van der Waals surface area contributed by atoms with Gasteiger partial charge in [0.15, 0.2) is 0 Å². The van der Waals surface area contributed by atoms with Gasteiger partial charge in [0.25, 0.3) is 11.8 Å². The summed E-state index contributed by atoms with van der Waals surface area (Å²) in [5, 5.41) is 27.6. The molecule has 2 saturated carbocycles. The van der Waals surface area contributed by atoms with Gasteiger partial charge in [0.05, 0.1) is 22.3 Å². The summed E-state index contributed by atoms with van der Waals surface area (Å²) in [7, 11) is 0. The van der Waals surface area contributed by atoms with Crippen molar-refractivity contribution in [2.75, 3.05) is 11.5 Å². The summed E-state index contributed by atoms with van der Waals surface area (Å²) in [6.45, 7) is 4.21. The second-order valence-corrected chi connectivity index (χ2v) is 18.5. The number of rotatable bonds is 16. The molecule has 0 saturated heterocycles. The van der Waals surface area contributed by atoms with Crippen LogP contribution >= 0.6 is 47.0 Å². The van der Waals surface area contributed by atoms with Gasteiger partial charge in [0.1, 0.15) is 20.1 Å². The molecule has 6 rings (SSSR count). The Morgan fingerprint density at radius 2 is 1.05 bits per heavy atom. The van der Waals surface area contributed by atoms with Gasteiger partial charge in [-0.2, -0.15) is 0 Å². The van der Waals surface area contributed by atoms with Gasteiger partial charge in [-0.15, -0.1) is 23.5 Å². The summed E-state index contributed by atoms with van der Waals surface area (Å²) in [6.07, 6.45) is 13.4. The summed E-state index contributed by atoms with van der Waals surface area (Å²) >= 11 is 6.06. The van der Waals surface area contributed by atoms with Crippen LogP contribution in [0.2, 0.25) is 0 Å². The monoisotopic (exact) mass is 860 g/mol. The van der Waals surface area contributed by atoms with Crippen LogP contribution in [0.15, 0.2) is 103 Å². The molecule has 0 spiro atoms. The van der Waals surface area contributed by atoms with E-state index < -0.39 is 11.9 Å². The molecule has 4 N–H and O–H groups in total. The zero-order valence-electron chi connectivity index (χ0n) is 33.0. The van der Waals surface area contributed by atoms with Gasteiger partial charge in [-0.1, -0.05) is 82.0 Å². The maximum Gasteiger partial charge on any atom is 0.335 e. The second kappa shape index (κ2) is 23.6. The van der Waals surface area contributed by atoms with E-state index >= 15 is 0 Å². The smallest absolute Gasteiger partial charge is 0.335 e. The molecule has 0 radical (unpaired) electrons. The highest BCUT2D eigenvalue weighted by Crippen LogP contribution is 2.33. The molecule has 10 nitrogen and oxygen atoms in total. The topological polar surface area (TPSA) is 159 Å². The van der Waals surface area contributed by atoms with E-state index in [2.05, 4.69) is 24.5 Å². The molecule has 2 aromatic heterocycles. The lowest BCUT2D eigenvalue weighted by atomic mass is 9.95. The van der Waals surface area contributed by atoms with Crippen LogP contribution in [0.3, 0.4) is 0 Å². The van der Waals surface area contributed by atoms with Crippen molar-refractivity contribution in [2.24, 2.45) is 0 Å². The molecule has 308 valence electrons. The standard InChI is InChI=1S/2C22H26N2O3S2/c1-2-13-28-21-18(20(25)23-16-8-4-3-5-9-16)11-12-19(24-21)29-17-10-6-7-15(14-17)22(26)27;1-2-14-28-21-18(20(25)23-16-6-4-3-5-7-16)12-13-19(24-21)29-17-10-8-15(9-11-17)22(26)27/h6-7,10-12,14,16H,2-5,8-9,13H2,1H3,(H,23,25)(H,26,27);8-13,16H,2-7,14H2,1H3,(H,23,25)(H,26,27). The van der Waals surface area contributed by atoms with Crippen molar-refractivity contribution in [3.63, 3.8) is 0 Å². The lowest BCUT2D eigenvalue weighted by molar-refractivity contribution is 0.0686. The largest absolute Gasteiger partial charge is 0.478 e. The van der Waals surface area contributed by atoms with E-state index in [1.54, 1.807) is 66.0 Å². The highest BCUT2D eigenvalue weighted by molar-refractivity contribution is 8.00. The quantitative estimate of drug-likeness (QED) is 0.0791. The number of hydrogen-bond donors (Lipinski definition) is 4. The fourth-order valence-corrected chi connectivity index (χ4v) is 10.0. The van der Waals surface area contributed by atoms with Crippen LogP contribution in [-0.2, 0) is 0 Å². The molecule has 0 bridgehead atoms. The van der Waals surface area contributed by atoms with E-state index in [1.165, 1.54) is 62.0 Å². The van der Waals surface area contributed by atoms with Crippen molar-refractivity contribution in [3.8, 4) is 0 Å². The number of nitrogens with zero attached hydrogens (tertiary/aromatic N) is 2. The van der Waals surface area contributed by atoms with Gasteiger partial charge in [-0.25, -0.2) is 19.6 Å². The molecule has 0 aliphatic heterocycles. The first kappa shape index (κ1) is 45.1. The number of pyridine rings is 2. The minimum Gasteiger partial charge on any atom is -0.478 e. The molecule has 2 aliphatic rings. The highest BCUT2D eigenvalue weighted by atomic mass is 32.2. The molecule has 2 aliphatic carbocycles. The maximum atomic E-state index is 12.8. The number of thioether (sulfide) groups is 2. The number of carbonyl (C=O) groups excluding carboxylic acids is 2. The molecule has 2 amide bonds. The number of carboxylic acid groups (broad SMARTS) is 2. The zero-order chi connectivity index (χ0) is 41.3. The van der Waals surface area contributed by atoms with Crippen molar-refractivity contribution in [1.29, 1.82) is 0 Å². The van der Waals surface area contributed by atoms with Gasteiger partial charge in [-0.3, -0.25) is 9.59 Å². The number of amides is 2. The molecular weight excluding hydrogens is 809 g/mol. The number of aromatic nitrogens is 2. The average molecular weight is 861 g/mol. The Hall–Kier alpha value is -3.98. The van der Waals surface area contributed by atoms with Crippen molar-refractivity contribution < 1.29 is 29.4 Å². The first-order valence-corrected chi connectivity index (χ1v) is 23.7. The number of aromatic carboxylic acids is 2. The number of benzene rings is 2. The number of hydrogen-bond acceptors (Lipinski definition) is 10. The zero-order valence-corrected chi connectivity index (χ0v) is 36.3. The molecule has 2 fully saturated rings. The van der Waals surface area contributed by atoms with Crippen LogP contribution in [0.4, 0.5) is 0 Å². The molecule has 4 aromatic rings. The van der Waals surface area contributed by atoms with Gasteiger partial charge in [-0.05, 0) is 117 Å². The van der Waals surface area contributed by atoms with E-state index in [0.717, 1.165) is 79.9 Å². The highest BCUT2D eigenvalue weighted by Gasteiger charge is 2.22. The minimum atomic E-state index is -0.950. The maximum absolute atomic E-state index is 12.8. The van der Waals surface area contributed by atoms with Crippen LogP contribution in [-0.4, -0.2) is 67.5 Å². The fourth-order valence-electron chi connectivity index (χ4n) is 6.54. The van der Waals surface area contributed by atoms with Crippen LogP contribution in [0.1, 0.15) is 132 Å². The molecule has 2 aromatic carbocycles. The fraction of sp³-hybridized carbons (Fsp3) is 0.409. The Labute approximate surface area is 358 Å². The van der Waals surface area contributed by atoms with E-state index in [4.69, 9.17) is 15.1 Å². The summed E-state index contributed by atoms with van der Waals surface area (Å²) in [5.74, 6) is -0.185. The lowest BCUT2D eigenvalue weighted by Gasteiger charge is -2.23. The minimum absolute atomic E-state index is 0.0367. The van der Waals surface area contributed by atoms with Crippen LogP contribution in [0.25, 0.3) is 0 Å². The Kier molecular flexibility index (Phi) is 18.3. The van der Waals surface area contributed by atoms with Crippen LogP contribution < -0.4 is 10.6 Å². The molecule has 2 heterocycles. The average Bonchev–Trinajstić information content (AvgIpc) is 3.23. The van der Waals surface area contributed by atoms with E-state index in [0.29, 0.717) is 11.1 Å². The molecule has 14 heteroatoms. The molecular formula is C44H52N4O6S4. The first-order chi connectivity index (χ1) is 28.1. The Balaban J connectivity index is 0.000000221. The van der Waals surface area contributed by atoms with E-state index in [1.807, 2.05) is 30.3 Å². The third-order valence-electron chi connectivity index (χ3n) is 9.55. The van der Waals surface area contributed by atoms with Crippen molar-refractivity contribution in [1.82, 2.24) is 20.6 Å². The lowest BCUT2D eigenvalue weighted by Crippen LogP contribution is -2.36. The summed E-state index contributed by atoms with van der Waals surface area (Å²) in [4.78, 5) is 59.0. The SMILES string of the molecule is CCCSc1nc(Sc2ccc(C(=O)O)cc2)ccc1C(=O)NC1CCCCC1.CCCSc1nc(Sc2cccc(C(=O)O)c2)ccc1C(=O)NC1CCCCC1. The van der Waals surface area contributed by atoms with Gasteiger partial charge in [0.2, 0.25) is 0 Å². The summed E-state index contributed by atoms with van der Waals surface area (Å²) in [6, 6.07) is 21.4. The van der Waals surface area contributed by atoms with E-state index in [9.17, 15) is 24.3 Å². The number of carbonyl (C=O) groups is 4. The molecule has 58 heavy (non-hydrogen) atoms. The van der Waals surface area contributed by atoms with E-state index in [-0.39, 0.29) is 35.0 Å². The van der Waals surface area contributed by atoms with Gasteiger partial charge in [0, 0.05) is 21.9 Å². The normalized spacial score (nSPS) is 14.5. The van der Waals surface area contributed by atoms with Gasteiger partial charge < -0.3 is 20.8 Å². The number of carboxylic acids is 2.